The molecule has 0 saturated carbocycles. The van der Waals surface area contributed by atoms with Crippen molar-refractivity contribution in [2.75, 3.05) is 0 Å². The van der Waals surface area contributed by atoms with Crippen LogP contribution in [0.4, 0.5) is 0 Å². The summed E-state index contributed by atoms with van der Waals surface area (Å²) in [6.45, 7) is 2.12. The summed E-state index contributed by atoms with van der Waals surface area (Å²) in [6, 6.07) is 25.2. The maximum absolute atomic E-state index is 4.52. The molecule has 4 aromatic rings. The van der Waals surface area contributed by atoms with E-state index >= 15 is 0 Å². The Morgan fingerprint density at radius 1 is 0.600 bits per heavy atom. The molecule has 0 aliphatic carbocycles. The summed E-state index contributed by atoms with van der Waals surface area (Å²) in [7, 11) is 0. The van der Waals surface area contributed by atoms with Gasteiger partial charge in [-0.05, 0) is 60.0 Å². The second kappa shape index (κ2) is 6.70. The Labute approximate surface area is 147 Å². The molecule has 0 spiro atoms. The van der Waals surface area contributed by atoms with Crippen LogP contribution in [0.3, 0.4) is 0 Å². The van der Waals surface area contributed by atoms with Crippen LogP contribution in [-0.2, 0) is 0 Å². The van der Waals surface area contributed by atoms with Crippen molar-refractivity contribution in [2.45, 2.75) is 6.92 Å². The standard InChI is InChI=1S/C23H18N2/c1-17-6-4-7-18(12-17)20-13-21(19-8-5-10-24-16-19)15-22(14-20)23-9-2-3-11-25-23/h2-16H,1H3. The first-order chi connectivity index (χ1) is 12.3. The number of nitrogens with zero attached hydrogens (tertiary/aromatic N) is 2. The van der Waals surface area contributed by atoms with Gasteiger partial charge in [-0.3, -0.25) is 9.97 Å². The fourth-order valence-corrected chi connectivity index (χ4v) is 3.00. The molecule has 0 radical (unpaired) electrons. The molecule has 0 amide bonds. The van der Waals surface area contributed by atoms with E-state index in [1.165, 1.54) is 16.7 Å². The first-order valence-corrected chi connectivity index (χ1v) is 8.33. The number of aromatic nitrogens is 2. The highest BCUT2D eigenvalue weighted by atomic mass is 14.7. The molecule has 0 unspecified atom stereocenters. The van der Waals surface area contributed by atoms with Gasteiger partial charge in [-0.1, -0.05) is 42.0 Å². The third kappa shape index (κ3) is 3.33. The zero-order valence-electron chi connectivity index (χ0n) is 14.1. The van der Waals surface area contributed by atoms with Crippen molar-refractivity contribution in [3.05, 3.63) is 97.0 Å². The predicted octanol–water partition coefficient (Wildman–Crippen LogP) is 5.79. The second-order valence-electron chi connectivity index (χ2n) is 6.13. The van der Waals surface area contributed by atoms with Gasteiger partial charge < -0.3 is 0 Å². The van der Waals surface area contributed by atoms with E-state index in [1.54, 1.807) is 6.20 Å². The van der Waals surface area contributed by atoms with Crippen molar-refractivity contribution in [2.24, 2.45) is 0 Å². The number of pyridine rings is 2. The van der Waals surface area contributed by atoms with Gasteiger partial charge in [0.15, 0.2) is 0 Å². The number of aryl methyl sites for hydroxylation is 1. The number of hydrogen-bond donors (Lipinski definition) is 0. The van der Waals surface area contributed by atoms with Crippen LogP contribution >= 0.6 is 0 Å². The first-order valence-electron chi connectivity index (χ1n) is 8.33. The summed E-state index contributed by atoms with van der Waals surface area (Å²) >= 11 is 0. The monoisotopic (exact) mass is 322 g/mol. The van der Waals surface area contributed by atoms with Gasteiger partial charge >= 0.3 is 0 Å². The fraction of sp³-hybridized carbons (Fsp3) is 0.0435. The van der Waals surface area contributed by atoms with Crippen molar-refractivity contribution in [3.63, 3.8) is 0 Å². The van der Waals surface area contributed by atoms with Gasteiger partial charge in [-0.25, -0.2) is 0 Å². The number of hydrogen-bond acceptors (Lipinski definition) is 2. The molecule has 0 fully saturated rings. The average Bonchev–Trinajstić information content (AvgIpc) is 2.69. The lowest BCUT2D eigenvalue weighted by Gasteiger charge is -2.11. The summed E-state index contributed by atoms with van der Waals surface area (Å²) in [5.74, 6) is 0. The Hall–Kier alpha value is -3.26. The van der Waals surface area contributed by atoms with Crippen molar-refractivity contribution < 1.29 is 0 Å². The van der Waals surface area contributed by atoms with Crippen LogP contribution in [0.25, 0.3) is 33.5 Å². The molecule has 2 nitrogen and oxygen atoms in total. The molecule has 0 aliphatic heterocycles. The average molecular weight is 322 g/mol. The fourth-order valence-electron chi connectivity index (χ4n) is 3.00. The van der Waals surface area contributed by atoms with Gasteiger partial charge in [0.25, 0.3) is 0 Å². The van der Waals surface area contributed by atoms with Crippen LogP contribution in [0.1, 0.15) is 5.56 Å². The van der Waals surface area contributed by atoms with E-state index in [1.807, 2.05) is 36.7 Å². The highest BCUT2D eigenvalue weighted by molar-refractivity contribution is 5.80. The quantitative estimate of drug-likeness (QED) is 0.477. The van der Waals surface area contributed by atoms with E-state index < -0.39 is 0 Å². The molecule has 2 aromatic heterocycles. The molecule has 4 rings (SSSR count). The van der Waals surface area contributed by atoms with Crippen LogP contribution in [-0.4, -0.2) is 9.97 Å². The van der Waals surface area contributed by atoms with Crippen LogP contribution in [0.15, 0.2) is 91.4 Å². The first kappa shape index (κ1) is 15.3. The van der Waals surface area contributed by atoms with Crippen molar-refractivity contribution in [1.29, 1.82) is 0 Å². The molecule has 2 heteroatoms. The van der Waals surface area contributed by atoms with E-state index in [-0.39, 0.29) is 0 Å². The SMILES string of the molecule is Cc1cccc(-c2cc(-c3cccnc3)cc(-c3ccccn3)c2)c1. The van der Waals surface area contributed by atoms with Gasteiger partial charge in [0.05, 0.1) is 5.69 Å². The van der Waals surface area contributed by atoms with E-state index in [2.05, 4.69) is 65.4 Å². The lowest BCUT2D eigenvalue weighted by atomic mass is 9.95. The molecule has 0 aliphatic rings. The molecule has 0 atom stereocenters. The van der Waals surface area contributed by atoms with Gasteiger partial charge in [-0.15, -0.1) is 0 Å². The maximum Gasteiger partial charge on any atom is 0.0702 e. The predicted molar refractivity (Wildman–Crippen MR) is 103 cm³/mol. The van der Waals surface area contributed by atoms with Crippen LogP contribution < -0.4 is 0 Å². The zero-order chi connectivity index (χ0) is 17.1. The summed E-state index contributed by atoms with van der Waals surface area (Å²) in [6.07, 6.45) is 5.53. The smallest absolute Gasteiger partial charge is 0.0702 e. The van der Waals surface area contributed by atoms with E-state index in [0.717, 1.165) is 22.4 Å². The highest BCUT2D eigenvalue weighted by Crippen LogP contribution is 2.32. The van der Waals surface area contributed by atoms with Gasteiger partial charge in [0.1, 0.15) is 0 Å². The van der Waals surface area contributed by atoms with Crippen molar-refractivity contribution in [1.82, 2.24) is 9.97 Å². The largest absolute Gasteiger partial charge is 0.264 e. The van der Waals surface area contributed by atoms with Crippen LogP contribution in [0.2, 0.25) is 0 Å². The van der Waals surface area contributed by atoms with Gasteiger partial charge in [0.2, 0.25) is 0 Å². The summed E-state index contributed by atoms with van der Waals surface area (Å²) in [5, 5.41) is 0. The van der Waals surface area contributed by atoms with E-state index in [0.29, 0.717) is 0 Å². The molecule has 120 valence electrons. The van der Waals surface area contributed by atoms with Crippen LogP contribution in [0, 0.1) is 6.92 Å². The molecule has 0 N–H and O–H groups in total. The summed E-state index contributed by atoms with van der Waals surface area (Å²) < 4.78 is 0. The molecule has 0 bridgehead atoms. The van der Waals surface area contributed by atoms with Crippen molar-refractivity contribution >= 4 is 0 Å². The Bertz CT molecular complexity index is 935. The minimum atomic E-state index is 0.974. The second-order valence-corrected chi connectivity index (χ2v) is 6.13. The number of benzene rings is 2. The van der Waals surface area contributed by atoms with E-state index in [9.17, 15) is 0 Å². The molecule has 0 saturated heterocycles. The third-order valence-electron chi connectivity index (χ3n) is 4.24. The molecular weight excluding hydrogens is 304 g/mol. The van der Waals surface area contributed by atoms with Crippen molar-refractivity contribution in [3.8, 4) is 33.5 Å². The Morgan fingerprint density at radius 2 is 1.40 bits per heavy atom. The lowest BCUT2D eigenvalue weighted by molar-refractivity contribution is 1.32. The van der Waals surface area contributed by atoms with Crippen LogP contribution in [0.5, 0.6) is 0 Å². The summed E-state index contributed by atoms with van der Waals surface area (Å²) in [5.41, 5.74) is 7.99. The minimum Gasteiger partial charge on any atom is -0.264 e. The maximum atomic E-state index is 4.52. The molecular formula is C23H18N2. The Morgan fingerprint density at radius 3 is 2.12 bits per heavy atom. The topological polar surface area (TPSA) is 25.8 Å². The third-order valence-corrected chi connectivity index (χ3v) is 4.24. The molecule has 2 aromatic carbocycles. The minimum absolute atomic E-state index is 0.974. The highest BCUT2D eigenvalue weighted by Gasteiger charge is 2.08. The zero-order valence-corrected chi connectivity index (χ0v) is 14.1. The molecule has 2 heterocycles. The Balaban J connectivity index is 1.92. The lowest BCUT2D eigenvalue weighted by Crippen LogP contribution is -1.88. The van der Waals surface area contributed by atoms with Gasteiger partial charge in [-0.2, -0.15) is 0 Å². The normalized spacial score (nSPS) is 10.6. The molecule has 25 heavy (non-hydrogen) atoms. The van der Waals surface area contributed by atoms with Gasteiger partial charge in [0, 0.05) is 29.7 Å². The van der Waals surface area contributed by atoms with E-state index in [4.69, 9.17) is 0 Å². The summed E-state index contributed by atoms with van der Waals surface area (Å²) in [4.78, 5) is 8.78. The Kier molecular flexibility index (Phi) is 4.09. The number of rotatable bonds is 3.